The van der Waals surface area contributed by atoms with Gasteiger partial charge in [-0.05, 0) is 255 Å². The Hall–Kier alpha value is -7.00. The Morgan fingerprint density at radius 3 is 1.05 bits per heavy atom. The van der Waals surface area contributed by atoms with E-state index in [1.807, 2.05) is 24.3 Å². The lowest BCUT2D eigenvalue weighted by Gasteiger charge is -2.29. The van der Waals surface area contributed by atoms with Crippen LogP contribution in [-0.4, -0.2) is 24.8 Å². The van der Waals surface area contributed by atoms with Crippen molar-refractivity contribution in [3.05, 3.63) is 201 Å². The highest BCUT2D eigenvalue weighted by molar-refractivity contribution is 8.00. The number of aryl methyl sites for hydroxylation is 6. The minimum absolute atomic E-state index is 0.186. The van der Waals surface area contributed by atoms with Gasteiger partial charge in [-0.1, -0.05) is 190 Å². The molecule has 8 aromatic carbocycles. The van der Waals surface area contributed by atoms with E-state index in [-0.39, 0.29) is 11.6 Å². The summed E-state index contributed by atoms with van der Waals surface area (Å²) in [6, 6.07) is 51.3. The van der Waals surface area contributed by atoms with Gasteiger partial charge in [0.2, 0.25) is 0 Å². The van der Waals surface area contributed by atoms with Crippen LogP contribution in [0.1, 0.15) is 221 Å². The first-order chi connectivity index (χ1) is 45.9. The summed E-state index contributed by atoms with van der Waals surface area (Å²) in [5.74, 6) is 4.67. The lowest BCUT2D eigenvalue weighted by Crippen LogP contribution is -2.25. The maximum absolute atomic E-state index is 16.1. The number of anilines is 4. The number of carbonyl (C=O) groups is 2. The molecule has 3 aliphatic carbocycles. The Morgan fingerprint density at radius 1 is 0.372 bits per heavy atom. The molecule has 0 spiro atoms. The van der Waals surface area contributed by atoms with Crippen molar-refractivity contribution < 1.29 is 19.1 Å². The molecule has 0 unspecified atom stereocenters. The molecule has 0 aromatic heterocycles. The van der Waals surface area contributed by atoms with Crippen molar-refractivity contribution in [3.8, 4) is 33.8 Å². The van der Waals surface area contributed by atoms with Gasteiger partial charge in [-0.3, -0.25) is 9.59 Å². The van der Waals surface area contributed by atoms with Crippen LogP contribution < -0.4 is 20.1 Å². The summed E-state index contributed by atoms with van der Waals surface area (Å²) >= 11 is 3.07. The van der Waals surface area contributed by atoms with Gasteiger partial charge in [0.25, 0.3) is 0 Å². The Labute approximate surface area is 572 Å². The normalized spacial score (nSPS) is 17.0. The number of nitrogens with one attached hydrogen (secondary N) is 2. The topological polar surface area (TPSA) is 76.7 Å². The maximum Gasteiger partial charge on any atom is 0.197 e. The van der Waals surface area contributed by atoms with Gasteiger partial charge in [0.1, 0.15) is 11.5 Å². The van der Waals surface area contributed by atoms with E-state index in [0.29, 0.717) is 45.5 Å². The van der Waals surface area contributed by atoms with Crippen molar-refractivity contribution >= 4 is 57.8 Å². The molecule has 0 saturated heterocycles. The lowest BCUT2D eigenvalue weighted by atomic mass is 9.80. The fraction of sp³-hybridized carbons (Fsp3) is 0.419. The van der Waals surface area contributed by atoms with Crippen LogP contribution in [-0.2, 0) is 12.8 Å². The second-order valence-electron chi connectivity index (χ2n) is 27.8. The number of ether oxygens (including phenoxy) is 2. The maximum atomic E-state index is 16.1. The number of fused-ring (bicyclic) bond motifs is 2. The molecule has 2 fully saturated rings. The van der Waals surface area contributed by atoms with Gasteiger partial charge in [-0.2, -0.15) is 0 Å². The van der Waals surface area contributed by atoms with Crippen LogP contribution in [0, 0.1) is 51.4 Å². The molecule has 0 atom stereocenters. The molecular weight excluding hydrogens is 1190 g/mol. The van der Waals surface area contributed by atoms with Crippen molar-refractivity contribution in [2.45, 2.75) is 216 Å². The van der Waals surface area contributed by atoms with E-state index >= 15 is 9.59 Å². The Balaban J connectivity index is 0.882. The van der Waals surface area contributed by atoms with Crippen LogP contribution in [0.3, 0.4) is 0 Å². The third kappa shape index (κ3) is 17.2. The van der Waals surface area contributed by atoms with Gasteiger partial charge in [-0.15, -0.1) is 0 Å². The number of hydrogen-bond donors (Lipinski definition) is 2. The summed E-state index contributed by atoms with van der Waals surface area (Å²) in [5.41, 5.74) is 16.1. The smallest absolute Gasteiger partial charge is 0.197 e. The van der Waals surface area contributed by atoms with E-state index in [2.05, 4.69) is 187 Å². The Kier molecular flexibility index (Phi) is 24.1. The van der Waals surface area contributed by atoms with Crippen molar-refractivity contribution in [2.75, 3.05) is 23.8 Å². The standard InChI is InChI=1S/C86H102N2O4S2/c1-9-13-17-21-63-23-27-65(28-24-63)55-91-85-57(5)51-69(52-58(85)6)67-35-43-73(44-36-67)93-77-49-50-78(94-74-45-37-68(38-46-74)70-53-59(7)86(60(8)54-70)92-56-66-29-25-64(26-30-66)22-18-14-10-2)82-81(77)83(89)79-75(87-71-39-31-61(32-40-71)19-15-11-3)47-48-76(80(79)84(82)90)88-72-41-33-62(34-42-72)20-16-12-4/h31-54,63-66,87-88H,9-30,55-56H2,1-8H3. The highest BCUT2D eigenvalue weighted by Gasteiger charge is 2.38. The van der Waals surface area contributed by atoms with Crippen LogP contribution in [0.4, 0.5) is 22.7 Å². The predicted octanol–water partition coefficient (Wildman–Crippen LogP) is 25.0. The molecule has 492 valence electrons. The molecule has 11 rings (SSSR count). The largest absolute Gasteiger partial charge is 0.493 e. The van der Waals surface area contributed by atoms with Crippen LogP contribution >= 0.6 is 23.5 Å². The molecule has 8 aromatic rings. The zero-order chi connectivity index (χ0) is 65.5. The van der Waals surface area contributed by atoms with Crippen LogP contribution in [0.15, 0.2) is 165 Å². The van der Waals surface area contributed by atoms with Crippen LogP contribution in [0.2, 0.25) is 0 Å². The van der Waals surface area contributed by atoms with Gasteiger partial charge >= 0.3 is 0 Å². The average Bonchev–Trinajstić information content (AvgIpc) is 0.726. The summed E-state index contributed by atoms with van der Waals surface area (Å²) in [6.45, 7) is 19.3. The zero-order valence-corrected chi connectivity index (χ0v) is 59.2. The van der Waals surface area contributed by atoms with Gasteiger partial charge in [0.15, 0.2) is 11.6 Å². The molecule has 6 nitrogen and oxygen atoms in total. The first kappa shape index (κ1) is 68.4. The van der Waals surface area contributed by atoms with Crippen molar-refractivity contribution in [1.82, 2.24) is 0 Å². The third-order valence-electron chi connectivity index (χ3n) is 20.4. The van der Waals surface area contributed by atoms with E-state index in [1.165, 1.54) is 137 Å². The fourth-order valence-electron chi connectivity index (χ4n) is 14.8. The summed E-state index contributed by atoms with van der Waals surface area (Å²) in [7, 11) is 0. The number of unbranched alkanes of at least 4 members (excludes halogenated alkanes) is 6. The first-order valence-electron chi connectivity index (χ1n) is 36.1. The van der Waals surface area contributed by atoms with Crippen LogP contribution in [0.25, 0.3) is 22.3 Å². The Bertz CT molecular complexity index is 3540. The third-order valence-corrected chi connectivity index (χ3v) is 22.5. The molecule has 0 aliphatic heterocycles. The molecule has 2 N–H and O–H groups in total. The molecule has 0 radical (unpaired) electrons. The van der Waals surface area contributed by atoms with E-state index in [4.69, 9.17) is 9.47 Å². The second-order valence-corrected chi connectivity index (χ2v) is 30.0. The summed E-state index contributed by atoms with van der Waals surface area (Å²) in [4.78, 5) is 35.7. The summed E-state index contributed by atoms with van der Waals surface area (Å²) in [6.07, 6.45) is 27.7. The first-order valence-corrected chi connectivity index (χ1v) is 37.7. The number of benzene rings is 8. The molecule has 8 heteroatoms. The van der Waals surface area contributed by atoms with Crippen molar-refractivity contribution in [1.29, 1.82) is 0 Å². The Morgan fingerprint density at radius 2 is 0.713 bits per heavy atom. The lowest BCUT2D eigenvalue weighted by molar-refractivity contribution is 0.0976. The van der Waals surface area contributed by atoms with Crippen molar-refractivity contribution in [2.24, 2.45) is 23.7 Å². The van der Waals surface area contributed by atoms with Gasteiger partial charge in [0, 0.05) is 42.1 Å². The molecule has 0 amide bonds. The van der Waals surface area contributed by atoms with E-state index in [9.17, 15) is 0 Å². The number of ketones is 2. The molecule has 2 saturated carbocycles. The summed E-state index contributed by atoms with van der Waals surface area (Å²) < 4.78 is 13.3. The van der Waals surface area contributed by atoms with Crippen LogP contribution in [0.5, 0.6) is 11.5 Å². The average molecular weight is 1290 g/mol. The minimum Gasteiger partial charge on any atom is -0.493 e. The number of hydrogen-bond acceptors (Lipinski definition) is 8. The van der Waals surface area contributed by atoms with Gasteiger partial charge < -0.3 is 20.1 Å². The van der Waals surface area contributed by atoms with E-state index < -0.39 is 0 Å². The molecule has 94 heavy (non-hydrogen) atoms. The SMILES string of the molecule is CCCCCC1CCC(COc2c(C)cc(-c3ccc(Sc4ccc(Sc5ccc(-c6cc(C)c(OCC7CCC(CCCCC)CC7)c(C)c6)cc5)c5c4C(=O)c4c(Nc6ccc(CCCC)cc6)ccc(Nc6ccc(CCCC)cc6)c4C5=O)cc3)cc2C)CC1. The monoisotopic (exact) mass is 1290 g/mol. The van der Waals surface area contributed by atoms with E-state index in [1.54, 1.807) is 0 Å². The predicted molar refractivity (Wildman–Crippen MR) is 398 cm³/mol. The number of carbonyl (C=O) groups excluding carboxylic acids is 2. The van der Waals surface area contributed by atoms with E-state index in [0.717, 1.165) is 151 Å². The highest BCUT2D eigenvalue weighted by Crippen LogP contribution is 2.48. The quantitative estimate of drug-likeness (QED) is 0.0431. The van der Waals surface area contributed by atoms with Gasteiger partial charge in [0.05, 0.1) is 35.7 Å². The number of rotatable bonds is 30. The molecular formula is C86H102N2O4S2. The fourth-order valence-corrected chi connectivity index (χ4v) is 16.7. The highest BCUT2D eigenvalue weighted by atomic mass is 32.2. The minimum atomic E-state index is -0.186. The second kappa shape index (κ2) is 33.1. The molecule has 0 heterocycles. The molecule has 3 aliphatic rings. The molecule has 0 bridgehead atoms. The zero-order valence-electron chi connectivity index (χ0n) is 57.6. The van der Waals surface area contributed by atoms with Gasteiger partial charge in [-0.25, -0.2) is 0 Å². The summed E-state index contributed by atoms with van der Waals surface area (Å²) in [5, 5.41) is 7.26. The van der Waals surface area contributed by atoms with Crippen molar-refractivity contribution in [3.63, 3.8) is 0 Å².